The molecule has 0 heterocycles. The number of aliphatic hydroxyl groups is 1. The van der Waals surface area contributed by atoms with E-state index in [1.54, 1.807) is 0 Å². The Morgan fingerprint density at radius 3 is 2.50 bits per heavy atom. The van der Waals surface area contributed by atoms with Crippen LogP contribution in [-0.4, -0.2) is 11.7 Å². The molecule has 0 fully saturated rings. The maximum absolute atomic E-state index is 9.48. The Hall–Kier alpha value is -2.00. The molecule has 0 amide bonds. The molecule has 0 bridgehead atoms. The van der Waals surface area contributed by atoms with Crippen molar-refractivity contribution in [1.29, 1.82) is 0 Å². The highest BCUT2D eigenvalue weighted by Crippen LogP contribution is 2.24. The number of benzene rings is 2. The van der Waals surface area contributed by atoms with Gasteiger partial charge in [0.2, 0.25) is 0 Å². The Morgan fingerprint density at radius 2 is 1.89 bits per heavy atom. The van der Waals surface area contributed by atoms with Gasteiger partial charge in [0.1, 0.15) is 0 Å². The molecular formula is C15H18N2O. The summed E-state index contributed by atoms with van der Waals surface area (Å²) in [4.78, 5) is 0. The largest absolute Gasteiger partial charge is 0.397 e. The highest BCUT2D eigenvalue weighted by atomic mass is 16.3. The predicted octanol–water partition coefficient (Wildman–Crippen LogP) is 2.72. The van der Waals surface area contributed by atoms with Crippen LogP contribution < -0.4 is 11.1 Å². The molecule has 1 atom stereocenters. The van der Waals surface area contributed by atoms with E-state index in [1.165, 1.54) is 0 Å². The molecule has 94 valence electrons. The van der Waals surface area contributed by atoms with Gasteiger partial charge in [0.25, 0.3) is 0 Å². The van der Waals surface area contributed by atoms with E-state index in [9.17, 15) is 5.11 Å². The van der Waals surface area contributed by atoms with Crippen molar-refractivity contribution < 1.29 is 5.11 Å². The van der Waals surface area contributed by atoms with Crippen molar-refractivity contribution in [2.45, 2.75) is 13.0 Å². The number of aliphatic hydroxyl groups excluding tert-OH is 1. The lowest BCUT2D eigenvalue weighted by Gasteiger charge is -2.19. The molecule has 3 nitrogen and oxygen atoms in total. The second-order valence-corrected chi connectivity index (χ2v) is 4.38. The van der Waals surface area contributed by atoms with Gasteiger partial charge in [-0.25, -0.2) is 0 Å². The first-order valence-corrected chi connectivity index (χ1v) is 5.99. The minimum Gasteiger partial charge on any atom is -0.397 e. The van der Waals surface area contributed by atoms with Gasteiger partial charge < -0.3 is 16.2 Å². The molecular weight excluding hydrogens is 224 g/mol. The fourth-order valence-electron chi connectivity index (χ4n) is 1.92. The average molecular weight is 242 g/mol. The third kappa shape index (κ3) is 2.81. The zero-order valence-electron chi connectivity index (χ0n) is 10.4. The third-order valence-corrected chi connectivity index (χ3v) is 2.92. The minimum absolute atomic E-state index is 0.0251. The van der Waals surface area contributed by atoms with Crippen molar-refractivity contribution in [3.63, 3.8) is 0 Å². The fourth-order valence-corrected chi connectivity index (χ4v) is 1.92. The van der Waals surface area contributed by atoms with Gasteiger partial charge in [-0.3, -0.25) is 0 Å². The van der Waals surface area contributed by atoms with Crippen molar-refractivity contribution >= 4 is 11.4 Å². The molecule has 0 aromatic heterocycles. The Kier molecular flexibility index (Phi) is 3.85. The van der Waals surface area contributed by atoms with E-state index in [-0.39, 0.29) is 12.6 Å². The minimum atomic E-state index is -0.142. The Bertz CT molecular complexity index is 511. The summed E-state index contributed by atoms with van der Waals surface area (Å²) in [7, 11) is 0. The molecule has 4 N–H and O–H groups in total. The lowest BCUT2D eigenvalue weighted by atomic mass is 10.1. The molecule has 18 heavy (non-hydrogen) atoms. The molecule has 1 unspecified atom stereocenters. The molecule has 0 radical (unpaired) electrons. The molecule has 0 saturated carbocycles. The fraction of sp³-hybridized carbons (Fsp3) is 0.200. The first-order chi connectivity index (χ1) is 8.70. The number of nitrogens with one attached hydrogen (secondary N) is 1. The van der Waals surface area contributed by atoms with E-state index in [1.807, 2.05) is 55.5 Å². The van der Waals surface area contributed by atoms with E-state index in [2.05, 4.69) is 5.32 Å². The van der Waals surface area contributed by atoms with Crippen LogP contribution in [0.2, 0.25) is 0 Å². The van der Waals surface area contributed by atoms with Gasteiger partial charge in [0.15, 0.2) is 0 Å². The van der Waals surface area contributed by atoms with E-state index in [0.29, 0.717) is 5.69 Å². The van der Waals surface area contributed by atoms with E-state index in [0.717, 1.165) is 16.8 Å². The predicted molar refractivity (Wildman–Crippen MR) is 75.5 cm³/mol. The van der Waals surface area contributed by atoms with Crippen LogP contribution in [0.25, 0.3) is 0 Å². The summed E-state index contributed by atoms with van der Waals surface area (Å²) in [5.74, 6) is 0. The number of hydrogen-bond acceptors (Lipinski definition) is 3. The standard InChI is InChI=1S/C15H18N2O/c1-11-7-8-14(13(16)9-11)17-15(10-18)12-5-3-2-4-6-12/h2-9,15,17-18H,10,16H2,1H3. The zero-order valence-corrected chi connectivity index (χ0v) is 10.4. The molecule has 0 aliphatic rings. The topological polar surface area (TPSA) is 58.3 Å². The number of rotatable bonds is 4. The zero-order chi connectivity index (χ0) is 13.0. The molecule has 0 aliphatic carbocycles. The van der Waals surface area contributed by atoms with Crippen LogP contribution in [0, 0.1) is 6.92 Å². The summed E-state index contributed by atoms with van der Waals surface area (Å²) < 4.78 is 0. The number of anilines is 2. The van der Waals surface area contributed by atoms with Gasteiger partial charge in [0, 0.05) is 0 Å². The molecule has 0 spiro atoms. The normalized spacial score (nSPS) is 12.1. The molecule has 0 aliphatic heterocycles. The van der Waals surface area contributed by atoms with E-state index < -0.39 is 0 Å². The second-order valence-electron chi connectivity index (χ2n) is 4.38. The Labute approximate surface area is 107 Å². The maximum Gasteiger partial charge on any atom is 0.0745 e. The van der Waals surface area contributed by atoms with Gasteiger partial charge in [-0.15, -0.1) is 0 Å². The summed E-state index contributed by atoms with van der Waals surface area (Å²) in [6, 6.07) is 15.6. The molecule has 3 heteroatoms. The number of nitrogen functional groups attached to an aromatic ring is 1. The first kappa shape index (κ1) is 12.5. The number of hydrogen-bond donors (Lipinski definition) is 3. The molecule has 2 aromatic carbocycles. The van der Waals surface area contributed by atoms with Crippen LogP contribution in [0.4, 0.5) is 11.4 Å². The number of nitrogens with two attached hydrogens (primary N) is 1. The van der Waals surface area contributed by atoms with Crippen LogP contribution in [0.15, 0.2) is 48.5 Å². The lowest BCUT2D eigenvalue weighted by molar-refractivity contribution is 0.276. The number of aryl methyl sites for hydroxylation is 1. The Balaban J connectivity index is 2.21. The quantitative estimate of drug-likeness (QED) is 0.722. The lowest BCUT2D eigenvalue weighted by Crippen LogP contribution is -2.15. The van der Waals surface area contributed by atoms with Gasteiger partial charge in [-0.2, -0.15) is 0 Å². The molecule has 0 saturated heterocycles. The summed E-state index contributed by atoms with van der Waals surface area (Å²) in [6.45, 7) is 2.03. The van der Waals surface area contributed by atoms with Crippen LogP contribution >= 0.6 is 0 Å². The maximum atomic E-state index is 9.48. The van der Waals surface area contributed by atoms with E-state index >= 15 is 0 Å². The monoisotopic (exact) mass is 242 g/mol. The van der Waals surface area contributed by atoms with Gasteiger partial charge >= 0.3 is 0 Å². The summed E-state index contributed by atoms with van der Waals surface area (Å²) in [5, 5.41) is 12.7. The highest BCUT2D eigenvalue weighted by Gasteiger charge is 2.10. The SMILES string of the molecule is Cc1ccc(NC(CO)c2ccccc2)c(N)c1. The van der Waals surface area contributed by atoms with Crippen LogP contribution in [0.3, 0.4) is 0 Å². The van der Waals surface area contributed by atoms with Gasteiger partial charge in [-0.1, -0.05) is 36.4 Å². The third-order valence-electron chi connectivity index (χ3n) is 2.92. The van der Waals surface area contributed by atoms with Crippen LogP contribution in [0.1, 0.15) is 17.2 Å². The van der Waals surface area contributed by atoms with Crippen molar-refractivity contribution in [1.82, 2.24) is 0 Å². The highest BCUT2D eigenvalue weighted by molar-refractivity contribution is 5.67. The second kappa shape index (κ2) is 5.56. The van der Waals surface area contributed by atoms with Crippen molar-refractivity contribution in [3.05, 3.63) is 59.7 Å². The summed E-state index contributed by atoms with van der Waals surface area (Å²) in [6.07, 6.45) is 0. The van der Waals surface area contributed by atoms with Crippen molar-refractivity contribution in [3.8, 4) is 0 Å². The van der Waals surface area contributed by atoms with E-state index in [4.69, 9.17) is 5.73 Å². The van der Waals surface area contributed by atoms with Gasteiger partial charge in [0.05, 0.1) is 24.0 Å². The van der Waals surface area contributed by atoms with Gasteiger partial charge in [-0.05, 0) is 30.2 Å². The van der Waals surface area contributed by atoms with Crippen LogP contribution in [0.5, 0.6) is 0 Å². The van der Waals surface area contributed by atoms with Crippen LogP contribution in [-0.2, 0) is 0 Å². The molecule has 2 rings (SSSR count). The summed E-state index contributed by atoms with van der Waals surface area (Å²) in [5.41, 5.74) is 9.67. The summed E-state index contributed by atoms with van der Waals surface area (Å²) >= 11 is 0. The Morgan fingerprint density at radius 1 is 1.17 bits per heavy atom. The average Bonchev–Trinajstić information content (AvgIpc) is 2.39. The molecule has 2 aromatic rings. The smallest absolute Gasteiger partial charge is 0.0745 e. The first-order valence-electron chi connectivity index (χ1n) is 5.99. The van der Waals surface area contributed by atoms with Crippen molar-refractivity contribution in [2.24, 2.45) is 0 Å². The van der Waals surface area contributed by atoms with Crippen molar-refractivity contribution in [2.75, 3.05) is 17.7 Å².